The van der Waals surface area contributed by atoms with Gasteiger partial charge in [0.1, 0.15) is 5.75 Å². The molecule has 0 atom stereocenters. The van der Waals surface area contributed by atoms with Gasteiger partial charge >= 0.3 is 0 Å². The SMILES string of the molecule is COc1cc(Br)ccc1C(=O)c1ccc(N)c(Cl)c1. The molecule has 0 radical (unpaired) electrons. The predicted octanol–water partition coefficient (Wildman–Crippen LogP) is 3.92. The van der Waals surface area contributed by atoms with E-state index in [2.05, 4.69) is 15.9 Å². The zero-order valence-corrected chi connectivity index (χ0v) is 12.5. The highest BCUT2D eigenvalue weighted by Gasteiger charge is 2.15. The van der Waals surface area contributed by atoms with E-state index in [-0.39, 0.29) is 5.78 Å². The van der Waals surface area contributed by atoms with Crippen molar-refractivity contribution in [3.63, 3.8) is 0 Å². The minimum atomic E-state index is -0.161. The predicted molar refractivity (Wildman–Crippen MR) is 80.0 cm³/mol. The molecule has 0 bridgehead atoms. The molecule has 0 heterocycles. The fourth-order valence-electron chi connectivity index (χ4n) is 1.68. The second-order valence-electron chi connectivity index (χ2n) is 3.91. The van der Waals surface area contributed by atoms with E-state index in [1.54, 1.807) is 36.4 Å². The van der Waals surface area contributed by atoms with Crippen LogP contribution < -0.4 is 10.5 Å². The van der Waals surface area contributed by atoms with Gasteiger partial charge in [0.05, 0.1) is 23.4 Å². The number of nitrogen functional groups attached to an aromatic ring is 1. The number of hydrogen-bond donors (Lipinski definition) is 1. The molecule has 0 aliphatic rings. The Morgan fingerprint density at radius 3 is 2.63 bits per heavy atom. The molecule has 19 heavy (non-hydrogen) atoms. The maximum atomic E-state index is 12.4. The number of anilines is 1. The van der Waals surface area contributed by atoms with Crippen molar-refractivity contribution < 1.29 is 9.53 Å². The van der Waals surface area contributed by atoms with Gasteiger partial charge in [-0.1, -0.05) is 27.5 Å². The van der Waals surface area contributed by atoms with Gasteiger partial charge in [-0.3, -0.25) is 4.79 Å². The Morgan fingerprint density at radius 1 is 1.26 bits per heavy atom. The van der Waals surface area contributed by atoms with Crippen molar-refractivity contribution in [3.05, 3.63) is 57.0 Å². The lowest BCUT2D eigenvalue weighted by atomic mass is 10.0. The Balaban J connectivity index is 2.46. The number of carbonyl (C=O) groups excluding carboxylic acids is 1. The second kappa shape index (κ2) is 5.63. The minimum Gasteiger partial charge on any atom is -0.496 e. The van der Waals surface area contributed by atoms with Gasteiger partial charge in [-0.05, 0) is 36.4 Å². The van der Waals surface area contributed by atoms with Crippen LogP contribution in [0.15, 0.2) is 40.9 Å². The Bertz CT molecular complexity index is 643. The first-order chi connectivity index (χ1) is 9.02. The molecule has 98 valence electrons. The third-order valence-corrected chi connectivity index (χ3v) is 3.49. The van der Waals surface area contributed by atoms with Gasteiger partial charge in [0.2, 0.25) is 0 Å². The number of methoxy groups -OCH3 is 1. The van der Waals surface area contributed by atoms with Crippen LogP contribution in [0.5, 0.6) is 5.75 Å². The summed E-state index contributed by atoms with van der Waals surface area (Å²) in [7, 11) is 1.52. The van der Waals surface area contributed by atoms with Crippen LogP contribution in [-0.4, -0.2) is 12.9 Å². The Morgan fingerprint density at radius 2 is 2.00 bits per heavy atom. The van der Waals surface area contributed by atoms with E-state index >= 15 is 0 Å². The summed E-state index contributed by atoms with van der Waals surface area (Å²) in [4.78, 5) is 12.4. The van der Waals surface area contributed by atoms with E-state index in [4.69, 9.17) is 22.1 Å². The van der Waals surface area contributed by atoms with Crippen molar-refractivity contribution in [2.75, 3.05) is 12.8 Å². The van der Waals surface area contributed by atoms with Crippen molar-refractivity contribution in [1.29, 1.82) is 0 Å². The molecule has 0 fully saturated rings. The van der Waals surface area contributed by atoms with Crippen molar-refractivity contribution in [3.8, 4) is 5.75 Å². The summed E-state index contributed by atoms with van der Waals surface area (Å²) in [5.41, 5.74) is 7.03. The van der Waals surface area contributed by atoms with Crippen molar-refractivity contribution in [2.24, 2.45) is 0 Å². The molecule has 3 nitrogen and oxygen atoms in total. The Hall–Kier alpha value is -1.52. The van der Waals surface area contributed by atoms with Gasteiger partial charge in [-0.15, -0.1) is 0 Å². The number of hydrogen-bond acceptors (Lipinski definition) is 3. The molecular weight excluding hydrogens is 330 g/mol. The molecule has 0 spiro atoms. The monoisotopic (exact) mass is 339 g/mol. The molecule has 2 N–H and O–H groups in total. The van der Waals surface area contributed by atoms with Gasteiger partial charge in [-0.2, -0.15) is 0 Å². The highest BCUT2D eigenvalue weighted by atomic mass is 79.9. The lowest BCUT2D eigenvalue weighted by Gasteiger charge is -2.09. The molecule has 0 aliphatic heterocycles. The lowest BCUT2D eigenvalue weighted by Crippen LogP contribution is -2.04. The zero-order valence-electron chi connectivity index (χ0n) is 10.1. The van der Waals surface area contributed by atoms with Crippen LogP contribution in [0, 0.1) is 0 Å². The number of rotatable bonds is 3. The molecule has 0 unspecified atom stereocenters. The van der Waals surface area contributed by atoms with E-state index in [1.165, 1.54) is 7.11 Å². The quantitative estimate of drug-likeness (QED) is 0.680. The van der Waals surface area contributed by atoms with Crippen molar-refractivity contribution in [2.45, 2.75) is 0 Å². The first-order valence-corrected chi connectivity index (χ1v) is 6.63. The molecule has 0 saturated carbocycles. The summed E-state index contributed by atoms with van der Waals surface area (Å²) < 4.78 is 6.06. The normalized spacial score (nSPS) is 10.3. The molecule has 0 amide bonds. The number of nitrogens with two attached hydrogens (primary N) is 1. The molecule has 5 heteroatoms. The zero-order chi connectivity index (χ0) is 14.0. The third-order valence-electron chi connectivity index (χ3n) is 2.67. The van der Waals surface area contributed by atoms with Crippen LogP contribution in [0.4, 0.5) is 5.69 Å². The van der Waals surface area contributed by atoms with Gasteiger partial charge in [0, 0.05) is 10.0 Å². The van der Waals surface area contributed by atoms with E-state index in [9.17, 15) is 4.79 Å². The first kappa shape index (κ1) is 13.9. The minimum absolute atomic E-state index is 0.161. The van der Waals surface area contributed by atoms with Gasteiger partial charge < -0.3 is 10.5 Å². The number of halogens is 2. The largest absolute Gasteiger partial charge is 0.496 e. The van der Waals surface area contributed by atoms with Crippen LogP contribution in [0.25, 0.3) is 0 Å². The molecule has 0 saturated heterocycles. The van der Waals surface area contributed by atoms with Crippen LogP contribution in [0.3, 0.4) is 0 Å². The van der Waals surface area contributed by atoms with E-state index in [1.807, 2.05) is 0 Å². The summed E-state index contributed by atoms with van der Waals surface area (Å²) in [6, 6.07) is 10.0. The van der Waals surface area contributed by atoms with Crippen molar-refractivity contribution >= 4 is 39.0 Å². The topological polar surface area (TPSA) is 52.3 Å². The van der Waals surface area contributed by atoms with Crippen LogP contribution in [0.2, 0.25) is 5.02 Å². The number of carbonyl (C=O) groups is 1. The summed E-state index contributed by atoms with van der Waals surface area (Å²) in [5.74, 6) is 0.346. The number of ketones is 1. The molecule has 2 aromatic carbocycles. The summed E-state index contributed by atoms with van der Waals surface area (Å²) in [6.45, 7) is 0. The third kappa shape index (κ3) is 2.91. The highest BCUT2D eigenvalue weighted by Crippen LogP contribution is 2.27. The fourth-order valence-corrected chi connectivity index (χ4v) is 2.20. The molecule has 0 aliphatic carbocycles. The molecule has 2 aromatic rings. The first-order valence-electron chi connectivity index (χ1n) is 5.46. The summed E-state index contributed by atoms with van der Waals surface area (Å²) >= 11 is 9.26. The Labute approximate surface area is 124 Å². The second-order valence-corrected chi connectivity index (χ2v) is 5.23. The maximum absolute atomic E-state index is 12.4. The smallest absolute Gasteiger partial charge is 0.196 e. The average Bonchev–Trinajstić information content (AvgIpc) is 2.41. The van der Waals surface area contributed by atoms with Gasteiger partial charge in [0.25, 0.3) is 0 Å². The standard InChI is InChI=1S/C14H11BrClNO2/c1-19-13-7-9(15)3-4-10(13)14(18)8-2-5-12(17)11(16)6-8/h2-7H,17H2,1H3. The van der Waals surface area contributed by atoms with Crippen LogP contribution in [0.1, 0.15) is 15.9 Å². The number of benzene rings is 2. The van der Waals surface area contributed by atoms with Gasteiger partial charge in [-0.25, -0.2) is 0 Å². The van der Waals surface area contributed by atoms with Crippen LogP contribution in [-0.2, 0) is 0 Å². The van der Waals surface area contributed by atoms with Gasteiger partial charge in [0.15, 0.2) is 5.78 Å². The van der Waals surface area contributed by atoms with Crippen LogP contribution >= 0.6 is 27.5 Å². The average molecular weight is 341 g/mol. The summed E-state index contributed by atoms with van der Waals surface area (Å²) in [5, 5.41) is 0.363. The molecule has 2 rings (SSSR count). The fraction of sp³-hybridized carbons (Fsp3) is 0.0714. The maximum Gasteiger partial charge on any atom is 0.196 e. The lowest BCUT2D eigenvalue weighted by molar-refractivity contribution is 0.103. The van der Waals surface area contributed by atoms with Crippen molar-refractivity contribution in [1.82, 2.24) is 0 Å². The Kier molecular flexibility index (Phi) is 4.12. The molecular formula is C14H11BrClNO2. The molecule has 0 aromatic heterocycles. The van der Waals surface area contributed by atoms with E-state index < -0.39 is 0 Å². The number of ether oxygens (including phenoxy) is 1. The summed E-state index contributed by atoms with van der Waals surface area (Å²) in [6.07, 6.45) is 0. The highest BCUT2D eigenvalue weighted by molar-refractivity contribution is 9.10. The van der Waals surface area contributed by atoms with E-state index in [0.717, 1.165) is 4.47 Å². The van der Waals surface area contributed by atoms with E-state index in [0.29, 0.717) is 27.6 Å².